The molecule has 8 nitrogen and oxygen atoms in total. The first-order valence-electron chi connectivity index (χ1n) is 7.71. The predicted molar refractivity (Wildman–Crippen MR) is 91.3 cm³/mol. The lowest BCUT2D eigenvalue weighted by Gasteiger charge is -2.26. The van der Waals surface area contributed by atoms with Crippen LogP contribution in [0, 0.1) is 10.1 Å². The summed E-state index contributed by atoms with van der Waals surface area (Å²) in [6.07, 6.45) is -0.328. The van der Waals surface area contributed by atoms with Crippen LogP contribution in [0.25, 0.3) is 0 Å². The van der Waals surface area contributed by atoms with Crippen molar-refractivity contribution in [1.82, 2.24) is 5.32 Å². The molecular weight excluding hydrogens is 326 g/mol. The van der Waals surface area contributed by atoms with Crippen LogP contribution in [0.4, 0.5) is 11.4 Å². The second-order valence-corrected chi connectivity index (χ2v) is 5.45. The number of nitro benzene ring substituents is 1. The van der Waals surface area contributed by atoms with Crippen LogP contribution in [0.5, 0.6) is 11.5 Å². The number of fused-ring (bicyclic) bond motifs is 1. The van der Waals surface area contributed by atoms with Gasteiger partial charge in [0.25, 0.3) is 11.6 Å². The van der Waals surface area contributed by atoms with Crippen molar-refractivity contribution >= 4 is 17.3 Å². The highest BCUT2D eigenvalue weighted by atomic mass is 16.6. The molecule has 0 aromatic heterocycles. The third kappa shape index (κ3) is 3.63. The first-order chi connectivity index (χ1) is 12.1. The summed E-state index contributed by atoms with van der Waals surface area (Å²) in [5.41, 5.74) is 0.409. The molecule has 2 N–H and O–H groups in total. The van der Waals surface area contributed by atoms with E-state index in [2.05, 4.69) is 10.6 Å². The van der Waals surface area contributed by atoms with Crippen LogP contribution >= 0.6 is 0 Å². The molecule has 0 aliphatic carbocycles. The van der Waals surface area contributed by atoms with E-state index in [0.717, 1.165) is 0 Å². The Hall–Kier alpha value is -3.29. The topological polar surface area (TPSA) is 103 Å². The maximum absolute atomic E-state index is 12.3. The van der Waals surface area contributed by atoms with Crippen molar-refractivity contribution in [2.45, 2.75) is 6.10 Å². The molecule has 25 heavy (non-hydrogen) atoms. The van der Waals surface area contributed by atoms with Crippen LogP contribution in [0.3, 0.4) is 0 Å². The number of anilines is 1. The number of rotatable bonds is 5. The Morgan fingerprint density at radius 1 is 1.28 bits per heavy atom. The summed E-state index contributed by atoms with van der Waals surface area (Å²) in [7, 11) is 1.58. The third-order valence-electron chi connectivity index (χ3n) is 3.78. The number of hydrogen-bond acceptors (Lipinski definition) is 6. The molecule has 1 unspecified atom stereocenters. The van der Waals surface area contributed by atoms with E-state index >= 15 is 0 Å². The fourth-order valence-electron chi connectivity index (χ4n) is 2.51. The van der Waals surface area contributed by atoms with Crippen molar-refractivity contribution < 1.29 is 19.2 Å². The molecule has 2 aromatic carbocycles. The molecule has 8 heteroatoms. The van der Waals surface area contributed by atoms with Gasteiger partial charge >= 0.3 is 0 Å². The lowest BCUT2D eigenvalue weighted by atomic mass is 10.1. The lowest BCUT2D eigenvalue weighted by Crippen LogP contribution is -2.40. The Bertz CT molecular complexity index is 809. The first-order valence-corrected chi connectivity index (χ1v) is 7.71. The molecule has 0 saturated heterocycles. The Morgan fingerprint density at radius 2 is 2.04 bits per heavy atom. The van der Waals surface area contributed by atoms with E-state index < -0.39 is 10.8 Å². The fraction of sp³-hybridized carbons (Fsp3) is 0.235. The van der Waals surface area contributed by atoms with E-state index in [1.54, 1.807) is 13.1 Å². The van der Waals surface area contributed by atoms with E-state index in [-0.39, 0.29) is 23.9 Å². The number of nitrogens with one attached hydrogen (secondary N) is 2. The van der Waals surface area contributed by atoms with Crippen molar-refractivity contribution in [3.8, 4) is 11.5 Å². The van der Waals surface area contributed by atoms with Crippen LogP contribution in [0.2, 0.25) is 0 Å². The normalized spacial score (nSPS) is 15.3. The lowest BCUT2D eigenvalue weighted by molar-refractivity contribution is -0.384. The van der Waals surface area contributed by atoms with Crippen molar-refractivity contribution in [2.24, 2.45) is 0 Å². The number of nitrogens with zero attached hydrogens (tertiary/aromatic N) is 1. The fourth-order valence-corrected chi connectivity index (χ4v) is 2.51. The molecule has 130 valence electrons. The van der Waals surface area contributed by atoms with E-state index in [0.29, 0.717) is 23.8 Å². The van der Waals surface area contributed by atoms with Crippen LogP contribution < -0.4 is 20.1 Å². The number of hydrogen-bond donors (Lipinski definition) is 2. The van der Waals surface area contributed by atoms with Gasteiger partial charge in [0, 0.05) is 18.7 Å². The van der Waals surface area contributed by atoms with Gasteiger partial charge in [0.1, 0.15) is 18.4 Å². The summed E-state index contributed by atoms with van der Waals surface area (Å²) in [4.78, 5) is 22.8. The molecule has 2 aromatic rings. The molecule has 0 spiro atoms. The van der Waals surface area contributed by atoms with Gasteiger partial charge in [-0.2, -0.15) is 0 Å². The summed E-state index contributed by atoms with van der Waals surface area (Å²) < 4.78 is 11.3. The van der Waals surface area contributed by atoms with Crippen LogP contribution in [-0.4, -0.2) is 37.1 Å². The molecule has 0 radical (unpaired) electrons. The Morgan fingerprint density at radius 3 is 2.76 bits per heavy atom. The number of ether oxygens (including phenoxy) is 2. The minimum Gasteiger partial charge on any atom is -0.486 e. The zero-order chi connectivity index (χ0) is 17.8. The summed E-state index contributed by atoms with van der Waals surface area (Å²) in [6, 6.07) is 11.6. The molecule has 1 aliphatic rings. The predicted octanol–water partition coefficient (Wildman–Crippen LogP) is 2.21. The van der Waals surface area contributed by atoms with Crippen LogP contribution in [0.15, 0.2) is 42.5 Å². The van der Waals surface area contributed by atoms with E-state index in [4.69, 9.17) is 9.47 Å². The zero-order valence-electron chi connectivity index (χ0n) is 13.5. The highest BCUT2D eigenvalue weighted by molar-refractivity contribution is 5.95. The summed E-state index contributed by atoms with van der Waals surface area (Å²) >= 11 is 0. The molecule has 1 heterocycles. The van der Waals surface area contributed by atoms with Gasteiger partial charge in [-0.1, -0.05) is 12.1 Å². The van der Waals surface area contributed by atoms with Gasteiger partial charge in [0.2, 0.25) is 0 Å². The minimum atomic E-state index is -0.530. The second kappa shape index (κ2) is 7.08. The largest absolute Gasteiger partial charge is 0.486 e. The standard InChI is InChI=1S/C17H17N3O5/c1-18-13-7-6-11(8-14(13)20(22)23)17(21)19-9-12-10-24-15-4-2-3-5-16(15)25-12/h2-8,12,18H,9-10H2,1H3,(H,19,21). The van der Waals surface area contributed by atoms with Crippen molar-refractivity contribution in [2.75, 3.05) is 25.5 Å². The van der Waals surface area contributed by atoms with E-state index in [1.807, 2.05) is 18.2 Å². The summed E-state index contributed by atoms with van der Waals surface area (Å²) in [6.45, 7) is 0.547. The smallest absolute Gasteiger partial charge is 0.293 e. The quantitative estimate of drug-likeness (QED) is 0.637. The number of carbonyl (C=O) groups is 1. The average Bonchev–Trinajstić information content (AvgIpc) is 2.65. The monoisotopic (exact) mass is 343 g/mol. The van der Waals surface area contributed by atoms with E-state index in [1.165, 1.54) is 18.2 Å². The highest BCUT2D eigenvalue weighted by Gasteiger charge is 2.22. The van der Waals surface area contributed by atoms with Gasteiger partial charge < -0.3 is 20.1 Å². The number of carbonyl (C=O) groups excluding carboxylic acids is 1. The van der Waals surface area contributed by atoms with Gasteiger partial charge in [-0.25, -0.2) is 0 Å². The molecule has 0 saturated carbocycles. The number of amides is 1. The molecule has 1 aliphatic heterocycles. The van der Waals surface area contributed by atoms with Crippen molar-refractivity contribution in [3.63, 3.8) is 0 Å². The molecule has 1 atom stereocenters. The first kappa shape index (κ1) is 16.6. The summed E-state index contributed by atoms with van der Waals surface area (Å²) in [5.74, 6) is 0.888. The Labute approximate surface area is 143 Å². The molecule has 3 rings (SSSR count). The maximum Gasteiger partial charge on any atom is 0.293 e. The molecule has 0 fully saturated rings. The van der Waals surface area contributed by atoms with Crippen LogP contribution in [0.1, 0.15) is 10.4 Å². The number of benzene rings is 2. The van der Waals surface area contributed by atoms with Gasteiger partial charge in [0.05, 0.1) is 11.5 Å². The third-order valence-corrected chi connectivity index (χ3v) is 3.78. The number of nitro groups is 1. The minimum absolute atomic E-state index is 0.152. The van der Waals surface area contributed by atoms with Crippen molar-refractivity contribution in [1.29, 1.82) is 0 Å². The molecule has 0 bridgehead atoms. The SMILES string of the molecule is CNc1ccc(C(=O)NCC2COc3ccccc3O2)cc1[N+](=O)[O-]. The van der Waals surface area contributed by atoms with Gasteiger partial charge in [-0.15, -0.1) is 0 Å². The average molecular weight is 343 g/mol. The number of para-hydroxylation sites is 2. The molecular formula is C17H17N3O5. The second-order valence-electron chi connectivity index (χ2n) is 5.45. The Kier molecular flexibility index (Phi) is 4.69. The molecule has 1 amide bonds. The van der Waals surface area contributed by atoms with Gasteiger partial charge in [-0.3, -0.25) is 14.9 Å². The van der Waals surface area contributed by atoms with Crippen molar-refractivity contribution in [3.05, 3.63) is 58.1 Å². The van der Waals surface area contributed by atoms with E-state index in [9.17, 15) is 14.9 Å². The Balaban J connectivity index is 1.64. The zero-order valence-corrected chi connectivity index (χ0v) is 13.5. The van der Waals surface area contributed by atoms with Gasteiger partial charge in [0.15, 0.2) is 11.5 Å². The summed E-state index contributed by atoms with van der Waals surface area (Å²) in [5, 5.41) is 16.5. The maximum atomic E-state index is 12.3. The van der Waals surface area contributed by atoms with Crippen LogP contribution in [-0.2, 0) is 0 Å². The van der Waals surface area contributed by atoms with Gasteiger partial charge in [-0.05, 0) is 24.3 Å². The highest BCUT2D eigenvalue weighted by Crippen LogP contribution is 2.30.